The van der Waals surface area contributed by atoms with Crippen molar-refractivity contribution in [1.82, 2.24) is 15.5 Å². The molecule has 0 aliphatic rings. The number of hydrogen-bond acceptors (Lipinski definition) is 5. The molecule has 1 N–H and O–H groups in total. The van der Waals surface area contributed by atoms with Crippen molar-refractivity contribution >= 4 is 17.7 Å². The smallest absolute Gasteiger partial charge is 0.277 e. The molecule has 0 aliphatic carbocycles. The molecule has 1 atom stereocenters. The van der Waals surface area contributed by atoms with Gasteiger partial charge in [-0.2, -0.15) is 0 Å². The first-order valence-corrected chi connectivity index (χ1v) is 8.51. The number of terminal acetylenes is 1. The standard InChI is InChI=1S/C18H21N3O2S/c1-6-11-19-15(22)12(2)24-17-21-20-16(23-17)13-7-9-14(10-8-13)18(3,4)5/h1,7-10,12H,11H2,2-5H3,(H,19,22). The van der Waals surface area contributed by atoms with E-state index in [2.05, 4.69) is 54.3 Å². The van der Waals surface area contributed by atoms with E-state index in [0.717, 1.165) is 5.56 Å². The molecule has 2 aromatic rings. The average Bonchev–Trinajstić information content (AvgIpc) is 3.00. The zero-order chi connectivity index (χ0) is 17.7. The second kappa shape index (κ2) is 7.54. The lowest BCUT2D eigenvalue weighted by Crippen LogP contribution is -2.31. The van der Waals surface area contributed by atoms with Gasteiger partial charge in [0.1, 0.15) is 0 Å². The number of aromatic nitrogens is 2. The Balaban J connectivity index is 2.05. The maximum Gasteiger partial charge on any atom is 0.277 e. The third-order valence-electron chi connectivity index (χ3n) is 3.42. The van der Waals surface area contributed by atoms with E-state index < -0.39 is 0 Å². The Labute approximate surface area is 146 Å². The molecular formula is C18H21N3O2S. The van der Waals surface area contributed by atoms with Crippen LogP contribution in [0.2, 0.25) is 0 Å². The third-order valence-corrected chi connectivity index (χ3v) is 4.35. The van der Waals surface area contributed by atoms with Crippen LogP contribution in [-0.2, 0) is 10.2 Å². The summed E-state index contributed by atoms with van der Waals surface area (Å²) < 4.78 is 5.64. The Hall–Kier alpha value is -2.26. The zero-order valence-corrected chi connectivity index (χ0v) is 15.1. The van der Waals surface area contributed by atoms with Gasteiger partial charge in [0.25, 0.3) is 5.22 Å². The van der Waals surface area contributed by atoms with Crippen molar-refractivity contribution in [2.75, 3.05) is 6.54 Å². The summed E-state index contributed by atoms with van der Waals surface area (Å²) in [6, 6.07) is 8.04. The quantitative estimate of drug-likeness (QED) is 0.667. The van der Waals surface area contributed by atoms with Gasteiger partial charge in [0.2, 0.25) is 11.8 Å². The SMILES string of the molecule is C#CCNC(=O)C(C)Sc1nnc(-c2ccc(C(C)(C)C)cc2)o1. The van der Waals surface area contributed by atoms with E-state index in [1.165, 1.54) is 17.3 Å². The summed E-state index contributed by atoms with van der Waals surface area (Å²) in [5.41, 5.74) is 2.18. The second-order valence-electron chi connectivity index (χ2n) is 6.38. The van der Waals surface area contributed by atoms with Gasteiger partial charge in [-0.1, -0.05) is 50.6 Å². The van der Waals surface area contributed by atoms with E-state index in [1.54, 1.807) is 6.92 Å². The molecule has 0 spiro atoms. The number of nitrogens with one attached hydrogen (secondary N) is 1. The van der Waals surface area contributed by atoms with Crippen LogP contribution < -0.4 is 5.32 Å². The van der Waals surface area contributed by atoms with E-state index in [-0.39, 0.29) is 23.1 Å². The summed E-state index contributed by atoms with van der Waals surface area (Å²) in [5, 5.41) is 10.7. The van der Waals surface area contributed by atoms with Crippen LogP contribution >= 0.6 is 11.8 Å². The first-order chi connectivity index (χ1) is 11.3. The highest BCUT2D eigenvalue weighted by Gasteiger charge is 2.19. The number of rotatable bonds is 5. The largest absolute Gasteiger partial charge is 0.411 e. The molecule has 0 fully saturated rings. The van der Waals surface area contributed by atoms with Crippen molar-refractivity contribution in [3.05, 3.63) is 29.8 Å². The van der Waals surface area contributed by atoms with Gasteiger partial charge in [-0.25, -0.2) is 0 Å². The highest BCUT2D eigenvalue weighted by Crippen LogP contribution is 2.28. The molecule has 0 aliphatic heterocycles. The van der Waals surface area contributed by atoms with Gasteiger partial charge in [-0.15, -0.1) is 16.6 Å². The lowest BCUT2D eigenvalue weighted by Gasteiger charge is -2.18. The molecule has 126 valence electrons. The molecule has 1 aromatic carbocycles. The average molecular weight is 343 g/mol. The van der Waals surface area contributed by atoms with E-state index in [4.69, 9.17) is 10.8 Å². The van der Waals surface area contributed by atoms with Crippen LogP contribution in [0.3, 0.4) is 0 Å². The summed E-state index contributed by atoms with van der Waals surface area (Å²) >= 11 is 1.20. The van der Waals surface area contributed by atoms with Crippen LogP contribution in [0, 0.1) is 12.3 Å². The molecule has 1 aromatic heterocycles. The van der Waals surface area contributed by atoms with Gasteiger partial charge in [0, 0.05) is 5.56 Å². The summed E-state index contributed by atoms with van der Waals surface area (Å²) in [6.07, 6.45) is 5.12. The van der Waals surface area contributed by atoms with E-state index >= 15 is 0 Å². The number of thioether (sulfide) groups is 1. The Morgan fingerprint density at radius 1 is 1.33 bits per heavy atom. The first-order valence-electron chi connectivity index (χ1n) is 7.63. The lowest BCUT2D eigenvalue weighted by atomic mass is 9.87. The summed E-state index contributed by atoms with van der Waals surface area (Å²) in [5.74, 6) is 2.64. The Kier molecular flexibility index (Phi) is 5.68. The van der Waals surface area contributed by atoms with Crippen molar-refractivity contribution in [1.29, 1.82) is 0 Å². The van der Waals surface area contributed by atoms with E-state index in [9.17, 15) is 4.79 Å². The monoisotopic (exact) mass is 343 g/mol. The molecule has 6 heteroatoms. The molecule has 1 heterocycles. The first kappa shape index (κ1) is 18.1. The topological polar surface area (TPSA) is 68.0 Å². The van der Waals surface area contributed by atoms with Crippen LogP contribution in [0.4, 0.5) is 0 Å². The number of amides is 1. The Morgan fingerprint density at radius 3 is 2.58 bits per heavy atom. The van der Waals surface area contributed by atoms with Crippen LogP contribution in [0.25, 0.3) is 11.5 Å². The summed E-state index contributed by atoms with van der Waals surface area (Å²) in [7, 11) is 0. The Bertz CT molecular complexity index is 739. The highest BCUT2D eigenvalue weighted by atomic mass is 32.2. The van der Waals surface area contributed by atoms with Crippen molar-refractivity contribution < 1.29 is 9.21 Å². The van der Waals surface area contributed by atoms with Gasteiger partial charge in [-0.3, -0.25) is 4.79 Å². The number of hydrogen-bond donors (Lipinski definition) is 1. The number of nitrogens with zero attached hydrogens (tertiary/aromatic N) is 2. The molecule has 0 bridgehead atoms. The van der Waals surface area contributed by atoms with Crippen LogP contribution in [0.15, 0.2) is 33.9 Å². The van der Waals surface area contributed by atoms with Crippen LogP contribution in [0.1, 0.15) is 33.3 Å². The maximum absolute atomic E-state index is 11.8. The van der Waals surface area contributed by atoms with Crippen molar-refractivity contribution in [3.8, 4) is 23.8 Å². The fourth-order valence-electron chi connectivity index (χ4n) is 1.97. The molecule has 0 saturated carbocycles. The van der Waals surface area contributed by atoms with Crippen molar-refractivity contribution in [2.45, 2.75) is 43.6 Å². The minimum absolute atomic E-state index is 0.0928. The molecule has 0 radical (unpaired) electrons. The predicted molar refractivity (Wildman–Crippen MR) is 95.6 cm³/mol. The van der Waals surface area contributed by atoms with Crippen molar-refractivity contribution in [3.63, 3.8) is 0 Å². The molecular weight excluding hydrogens is 322 g/mol. The number of carbonyl (C=O) groups excluding carboxylic acids is 1. The van der Waals surface area contributed by atoms with E-state index in [0.29, 0.717) is 11.1 Å². The minimum atomic E-state index is -0.366. The molecule has 1 unspecified atom stereocenters. The van der Waals surface area contributed by atoms with Crippen LogP contribution in [-0.4, -0.2) is 27.9 Å². The van der Waals surface area contributed by atoms with Gasteiger partial charge >= 0.3 is 0 Å². The minimum Gasteiger partial charge on any atom is -0.411 e. The predicted octanol–water partition coefficient (Wildman–Crippen LogP) is 3.26. The number of carbonyl (C=O) groups is 1. The molecule has 5 nitrogen and oxygen atoms in total. The molecule has 0 saturated heterocycles. The lowest BCUT2D eigenvalue weighted by molar-refractivity contribution is -0.120. The van der Waals surface area contributed by atoms with Gasteiger partial charge in [0.05, 0.1) is 11.8 Å². The summed E-state index contributed by atoms with van der Waals surface area (Å²) in [4.78, 5) is 11.8. The van der Waals surface area contributed by atoms with Gasteiger partial charge in [0.15, 0.2) is 0 Å². The third kappa shape index (κ3) is 4.62. The normalized spacial score (nSPS) is 12.5. The van der Waals surface area contributed by atoms with Gasteiger partial charge in [-0.05, 0) is 30.0 Å². The molecule has 24 heavy (non-hydrogen) atoms. The fourth-order valence-corrected chi connectivity index (χ4v) is 2.68. The van der Waals surface area contributed by atoms with Crippen LogP contribution in [0.5, 0.6) is 0 Å². The van der Waals surface area contributed by atoms with Gasteiger partial charge < -0.3 is 9.73 Å². The second-order valence-corrected chi connectivity index (χ2v) is 7.67. The molecule has 2 rings (SSSR count). The number of benzene rings is 1. The zero-order valence-electron chi connectivity index (χ0n) is 14.3. The molecule has 1 amide bonds. The highest BCUT2D eigenvalue weighted by molar-refractivity contribution is 8.00. The maximum atomic E-state index is 11.8. The van der Waals surface area contributed by atoms with Crippen molar-refractivity contribution in [2.24, 2.45) is 0 Å². The Morgan fingerprint density at radius 2 is 2.00 bits per heavy atom. The van der Waals surface area contributed by atoms with E-state index in [1.807, 2.05) is 12.1 Å². The fraction of sp³-hybridized carbons (Fsp3) is 0.389. The summed E-state index contributed by atoms with van der Waals surface area (Å²) in [6.45, 7) is 8.46.